The van der Waals surface area contributed by atoms with Crippen molar-refractivity contribution in [1.29, 1.82) is 0 Å². The molecule has 0 aromatic rings. The summed E-state index contributed by atoms with van der Waals surface area (Å²) in [4.78, 5) is 9.82. The maximum absolute atomic E-state index is 9.82. The Balaban J connectivity index is 0. The van der Waals surface area contributed by atoms with E-state index in [0.717, 1.165) is 0 Å². The molecular weight excluding hydrogens is 103 g/mol. The second-order valence-electron chi connectivity index (χ2n) is 0.925. The van der Waals surface area contributed by atoms with E-state index in [1.807, 2.05) is 0 Å². The molecule has 36 valence electrons. The molecule has 3 heteroatoms. The van der Waals surface area contributed by atoms with Crippen LogP contribution in [-0.2, 0) is 9.53 Å². The zero-order chi connectivity index (χ0) is 4.99. The minimum absolute atomic E-state index is 0. The molecule has 0 amide bonds. The molecule has 0 N–H and O–H groups in total. The minimum atomic E-state index is -0.211. The predicted molar refractivity (Wildman–Crippen MR) is 22.3 cm³/mol. The van der Waals surface area contributed by atoms with Gasteiger partial charge in [0.15, 0.2) is 0 Å². The summed E-state index contributed by atoms with van der Waals surface area (Å²) in [5.74, 6) is -0.211. The molecule has 0 fully saturated rings. The first-order valence-corrected chi connectivity index (χ1v) is 1.90. The monoisotopic (exact) mass is 111 g/mol. The van der Waals surface area contributed by atoms with E-state index in [0.29, 0.717) is 6.61 Å². The van der Waals surface area contributed by atoms with Gasteiger partial charge in [-0.2, -0.15) is 0 Å². The summed E-state index contributed by atoms with van der Waals surface area (Å²) in [6, 6.07) is 0. The van der Waals surface area contributed by atoms with Crippen molar-refractivity contribution < 1.29 is 39.1 Å². The minimum Gasteiger partial charge on any atom is -0.466 e. The van der Waals surface area contributed by atoms with E-state index < -0.39 is 0 Å². The van der Waals surface area contributed by atoms with E-state index in [1.54, 1.807) is 6.92 Å². The molecule has 0 aromatic carbocycles. The third-order valence-corrected chi connectivity index (χ3v) is 0.348. The van der Waals surface area contributed by atoms with Crippen LogP contribution < -0.4 is 29.6 Å². The standard InChI is InChI=1S/C4H8O2.Na/c1-3-6-4(2)5;/h3H2,1-2H3;/q;+1. The quantitative estimate of drug-likeness (QED) is 0.278. The Morgan fingerprint density at radius 1 is 1.71 bits per heavy atom. The average Bonchev–Trinajstić information content (AvgIpc) is 1.35. The predicted octanol–water partition coefficient (Wildman–Crippen LogP) is -2.43. The Kier molecular flexibility index (Phi) is 9.66. The van der Waals surface area contributed by atoms with Crippen molar-refractivity contribution in [2.75, 3.05) is 6.61 Å². The van der Waals surface area contributed by atoms with E-state index in [2.05, 4.69) is 4.74 Å². The zero-order valence-electron chi connectivity index (χ0n) is 5.02. The molecule has 2 nitrogen and oxygen atoms in total. The number of esters is 1. The van der Waals surface area contributed by atoms with Gasteiger partial charge in [0.2, 0.25) is 0 Å². The first kappa shape index (κ1) is 10.5. The van der Waals surface area contributed by atoms with Gasteiger partial charge in [-0.3, -0.25) is 4.79 Å². The van der Waals surface area contributed by atoms with Gasteiger partial charge in [-0.1, -0.05) is 0 Å². The van der Waals surface area contributed by atoms with Gasteiger partial charge in [-0.15, -0.1) is 0 Å². The Bertz CT molecular complexity index is 53.7. The summed E-state index contributed by atoms with van der Waals surface area (Å²) in [5, 5.41) is 0. The van der Waals surface area contributed by atoms with Crippen LogP contribution in [0.25, 0.3) is 0 Å². The Morgan fingerprint density at radius 3 is 2.14 bits per heavy atom. The van der Waals surface area contributed by atoms with Gasteiger partial charge in [0, 0.05) is 6.92 Å². The number of ether oxygens (including phenoxy) is 1. The molecule has 0 aliphatic carbocycles. The first-order chi connectivity index (χ1) is 2.77. The first-order valence-electron chi connectivity index (χ1n) is 1.90. The normalized spacial score (nSPS) is 6.57. The molecule has 0 saturated carbocycles. The Morgan fingerprint density at radius 2 is 2.14 bits per heavy atom. The van der Waals surface area contributed by atoms with Crippen LogP contribution in [0, 0.1) is 0 Å². The second-order valence-corrected chi connectivity index (χ2v) is 0.925. The molecule has 0 bridgehead atoms. The van der Waals surface area contributed by atoms with Crippen molar-refractivity contribution in [1.82, 2.24) is 0 Å². The topological polar surface area (TPSA) is 26.3 Å². The summed E-state index contributed by atoms with van der Waals surface area (Å²) < 4.78 is 4.40. The van der Waals surface area contributed by atoms with Crippen molar-refractivity contribution in [3.8, 4) is 0 Å². The number of hydrogen-bond acceptors (Lipinski definition) is 2. The number of rotatable bonds is 1. The average molecular weight is 111 g/mol. The van der Waals surface area contributed by atoms with Crippen molar-refractivity contribution in [3.05, 3.63) is 0 Å². The molecule has 0 aliphatic rings. The van der Waals surface area contributed by atoms with Crippen LogP contribution in [0.3, 0.4) is 0 Å². The van der Waals surface area contributed by atoms with Crippen molar-refractivity contribution in [2.24, 2.45) is 0 Å². The van der Waals surface area contributed by atoms with Crippen LogP contribution in [0.15, 0.2) is 0 Å². The van der Waals surface area contributed by atoms with Crippen LogP contribution in [0.2, 0.25) is 0 Å². The van der Waals surface area contributed by atoms with Crippen LogP contribution in [0.4, 0.5) is 0 Å². The summed E-state index contributed by atoms with van der Waals surface area (Å²) in [7, 11) is 0. The molecule has 7 heavy (non-hydrogen) atoms. The number of carbonyl (C=O) groups is 1. The maximum atomic E-state index is 9.82. The van der Waals surface area contributed by atoms with E-state index >= 15 is 0 Å². The molecule has 0 atom stereocenters. The fraction of sp³-hybridized carbons (Fsp3) is 0.750. The second kappa shape index (κ2) is 6.47. The van der Waals surface area contributed by atoms with Crippen LogP contribution in [0.5, 0.6) is 0 Å². The largest absolute Gasteiger partial charge is 1.00 e. The molecule has 0 unspecified atom stereocenters. The van der Waals surface area contributed by atoms with Gasteiger partial charge < -0.3 is 4.74 Å². The Labute approximate surface area is 65.5 Å². The van der Waals surface area contributed by atoms with Gasteiger partial charge in [0.25, 0.3) is 0 Å². The molecule has 0 heterocycles. The van der Waals surface area contributed by atoms with Crippen molar-refractivity contribution >= 4 is 5.97 Å². The molecule has 0 radical (unpaired) electrons. The summed E-state index contributed by atoms with van der Waals surface area (Å²) in [5.41, 5.74) is 0. The van der Waals surface area contributed by atoms with Crippen LogP contribution in [-0.4, -0.2) is 12.6 Å². The number of hydrogen-bond donors (Lipinski definition) is 0. The van der Waals surface area contributed by atoms with E-state index in [4.69, 9.17) is 0 Å². The third-order valence-electron chi connectivity index (χ3n) is 0.348. The van der Waals surface area contributed by atoms with Gasteiger partial charge in [-0.25, -0.2) is 0 Å². The molecule has 0 rings (SSSR count). The molecule has 0 saturated heterocycles. The maximum Gasteiger partial charge on any atom is 1.00 e. The van der Waals surface area contributed by atoms with E-state index in [9.17, 15) is 4.79 Å². The number of carbonyl (C=O) groups excluding carboxylic acids is 1. The van der Waals surface area contributed by atoms with Gasteiger partial charge in [-0.05, 0) is 6.92 Å². The summed E-state index contributed by atoms with van der Waals surface area (Å²) in [6.07, 6.45) is 0. The molecule has 0 aromatic heterocycles. The van der Waals surface area contributed by atoms with Crippen molar-refractivity contribution in [2.45, 2.75) is 13.8 Å². The smallest absolute Gasteiger partial charge is 0.466 e. The van der Waals surface area contributed by atoms with E-state index in [-0.39, 0.29) is 35.5 Å². The fourth-order valence-electron chi connectivity index (χ4n) is 0.203. The van der Waals surface area contributed by atoms with E-state index in [1.165, 1.54) is 6.92 Å². The molecule has 0 aliphatic heterocycles. The van der Waals surface area contributed by atoms with Crippen LogP contribution in [0.1, 0.15) is 13.8 Å². The summed E-state index contributed by atoms with van der Waals surface area (Å²) in [6.45, 7) is 3.65. The molecule has 0 spiro atoms. The van der Waals surface area contributed by atoms with Gasteiger partial charge in [0.05, 0.1) is 6.61 Å². The fourth-order valence-corrected chi connectivity index (χ4v) is 0.203. The van der Waals surface area contributed by atoms with Crippen LogP contribution >= 0.6 is 0 Å². The van der Waals surface area contributed by atoms with Gasteiger partial charge in [0.1, 0.15) is 0 Å². The van der Waals surface area contributed by atoms with Gasteiger partial charge >= 0.3 is 35.5 Å². The third kappa shape index (κ3) is 10.7. The zero-order valence-corrected chi connectivity index (χ0v) is 7.02. The SMILES string of the molecule is CCOC(C)=O.[Na+]. The van der Waals surface area contributed by atoms with Crippen molar-refractivity contribution in [3.63, 3.8) is 0 Å². The summed E-state index contributed by atoms with van der Waals surface area (Å²) >= 11 is 0. The Hall–Kier alpha value is 0.470. The molecular formula is C4H8NaO2+.